The summed E-state index contributed by atoms with van der Waals surface area (Å²) >= 11 is 0. The molecular formula is C25H56N2O7. The van der Waals surface area contributed by atoms with E-state index in [1.165, 1.54) is 12.8 Å². The average molecular weight is 497 g/mol. The third-order valence-corrected chi connectivity index (χ3v) is 6.22. The van der Waals surface area contributed by atoms with Gasteiger partial charge in [0.2, 0.25) is 0 Å². The average Bonchev–Trinajstić information content (AvgIpc) is 2.72. The minimum absolute atomic E-state index is 0.0225. The summed E-state index contributed by atoms with van der Waals surface area (Å²) in [7, 11) is 0. The van der Waals surface area contributed by atoms with Gasteiger partial charge in [-0.3, -0.25) is 0 Å². The van der Waals surface area contributed by atoms with E-state index in [1.807, 2.05) is 48.5 Å². The Balaban J connectivity index is -0.00000103. The summed E-state index contributed by atoms with van der Waals surface area (Å²) in [5.74, 6) is 0.898. The fraction of sp³-hybridized carbons (Fsp3) is 0.960. The third kappa shape index (κ3) is 16.6. The Morgan fingerprint density at radius 2 is 1.38 bits per heavy atom. The van der Waals surface area contributed by atoms with E-state index in [9.17, 15) is 25.2 Å². The van der Waals surface area contributed by atoms with Gasteiger partial charge in [-0.15, -0.1) is 0 Å². The van der Waals surface area contributed by atoms with Gasteiger partial charge in [0.1, 0.15) is 6.10 Å². The minimum Gasteiger partial charge on any atom is -0.465 e. The predicted molar refractivity (Wildman–Crippen MR) is 138 cm³/mol. The number of carboxylic acid groups (broad SMARTS) is 1. The molecule has 0 aliphatic carbocycles. The molecule has 9 nitrogen and oxygen atoms in total. The summed E-state index contributed by atoms with van der Waals surface area (Å²) in [5.41, 5.74) is -0.749. The van der Waals surface area contributed by atoms with Crippen LogP contribution in [0.1, 0.15) is 88.5 Å². The Bertz CT molecular complexity index is 496. The van der Waals surface area contributed by atoms with Crippen LogP contribution in [-0.4, -0.2) is 86.9 Å². The van der Waals surface area contributed by atoms with E-state index in [0.29, 0.717) is 0 Å². The zero-order valence-electron chi connectivity index (χ0n) is 23.3. The van der Waals surface area contributed by atoms with Crippen LogP contribution in [0.2, 0.25) is 0 Å². The van der Waals surface area contributed by atoms with Crippen molar-refractivity contribution in [2.24, 2.45) is 16.7 Å². The smallest absolute Gasteiger partial charge is 0.405 e. The van der Waals surface area contributed by atoms with Crippen molar-refractivity contribution in [3.63, 3.8) is 0 Å². The number of aliphatic hydroxyl groups is 5. The molecule has 5 unspecified atom stereocenters. The van der Waals surface area contributed by atoms with Crippen LogP contribution < -0.4 is 10.6 Å². The highest BCUT2D eigenvalue weighted by atomic mass is 16.4. The maximum atomic E-state index is 11.0. The molecule has 8 N–H and O–H groups in total. The molecule has 0 fully saturated rings. The van der Waals surface area contributed by atoms with E-state index in [4.69, 9.17) is 10.2 Å². The molecule has 0 saturated heterocycles. The van der Waals surface area contributed by atoms with Gasteiger partial charge in [-0.05, 0) is 16.7 Å². The standard InChI is InChI=1S/C17H36N2O7.C6H14.C2H6/c1-16(2,3)17(4,5)14(24)6-11(21)10(19-15(25)26)7-18-8-12(22)13(23)9-20;1-4-5-6(2)3;1-2/h10-14,18-24H,6-9H2,1-5H3,(H,25,26);6H,4-5H2,1-3H3;1-2H3. The summed E-state index contributed by atoms with van der Waals surface area (Å²) < 4.78 is 0. The Labute approximate surface area is 208 Å². The largest absolute Gasteiger partial charge is 0.465 e. The van der Waals surface area contributed by atoms with Gasteiger partial charge >= 0.3 is 6.09 Å². The second-order valence-corrected chi connectivity index (χ2v) is 10.5. The molecule has 0 heterocycles. The number of hydrogen-bond donors (Lipinski definition) is 8. The molecule has 0 radical (unpaired) electrons. The molecule has 9 heteroatoms. The van der Waals surface area contributed by atoms with E-state index in [1.54, 1.807) is 0 Å². The zero-order valence-corrected chi connectivity index (χ0v) is 23.3. The monoisotopic (exact) mass is 496 g/mol. The summed E-state index contributed by atoms with van der Waals surface area (Å²) in [6.07, 6.45) is -3.21. The predicted octanol–water partition coefficient (Wildman–Crippen LogP) is 2.58. The van der Waals surface area contributed by atoms with Gasteiger partial charge < -0.3 is 41.3 Å². The number of nitrogens with one attached hydrogen (secondary N) is 2. The van der Waals surface area contributed by atoms with Gasteiger partial charge in [0.05, 0.1) is 31.0 Å². The normalized spacial score (nSPS) is 16.2. The molecule has 5 atom stereocenters. The molecule has 0 aromatic carbocycles. The lowest BCUT2D eigenvalue weighted by Gasteiger charge is -2.43. The van der Waals surface area contributed by atoms with Crippen molar-refractivity contribution in [3.8, 4) is 0 Å². The van der Waals surface area contributed by atoms with Gasteiger partial charge in [0.15, 0.2) is 0 Å². The molecule has 0 aromatic heterocycles. The first-order valence-corrected chi connectivity index (χ1v) is 12.5. The summed E-state index contributed by atoms with van der Waals surface area (Å²) in [4.78, 5) is 11.0. The molecule has 0 spiro atoms. The molecule has 0 bridgehead atoms. The quantitative estimate of drug-likeness (QED) is 0.193. The summed E-state index contributed by atoms with van der Waals surface area (Å²) in [6, 6.07) is -0.920. The SMILES string of the molecule is CC.CC(C)(C)C(C)(C)C(O)CC(O)C(CNCC(O)C(O)CO)NC(=O)O.CCCC(C)C. The number of aliphatic hydroxyl groups excluding tert-OH is 5. The van der Waals surface area contributed by atoms with Crippen LogP contribution in [0.15, 0.2) is 0 Å². The fourth-order valence-electron chi connectivity index (χ4n) is 2.85. The molecule has 34 heavy (non-hydrogen) atoms. The molecule has 0 aliphatic heterocycles. The molecule has 1 amide bonds. The van der Waals surface area contributed by atoms with Crippen molar-refractivity contribution < 1.29 is 35.4 Å². The molecule has 208 valence electrons. The van der Waals surface area contributed by atoms with Crippen LogP contribution in [0.25, 0.3) is 0 Å². The molecule has 0 aliphatic rings. The minimum atomic E-state index is -1.32. The topological polar surface area (TPSA) is 163 Å². The fourth-order valence-corrected chi connectivity index (χ4v) is 2.85. The zero-order chi connectivity index (χ0) is 27.7. The Kier molecular flexibility index (Phi) is 21.3. The van der Waals surface area contributed by atoms with Crippen LogP contribution >= 0.6 is 0 Å². The summed E-state index contributed by atoms with van der Waals surface area (Å²) in [6.45, 7) is 19.7. The molecular weight excluding hydrogens is 440 g/mol. The Morgan fingerprint density at radius 3 is 1.71 bits per heavy atom. The molecule has 0 saturated carbocycles. The van der Waals surface area contributed by atoms with Crippen LogP contribution in [0.4, 0.5) is 4.79 Å². The highest BCUT2D eigenvalue weighted by Gasteiger charge is 2.40. The highest BCUT2D eigenvalue weighted by Crippen LogP contribution is 2.42. The van der Waals surface area contributed by atoms with Crippen LogP contribution in [0, 0.1) is 16.7 Å². The second kappa shape index (κ2) is 19.2. The first-order valence-electron chi connectivity index (χ1n) is 12.5. The van der Waals surface area contributed by atoms with Crippen molar-refractivity contribution in [2.75, 3.05) is 19.7 Å². The van der Waals surface area contributed by atoms with Crippen molar-refractivity contribution in [1.29, 1.82) is 0 Å². The van der Waals surface area contributed by atoms with E-state index in [0.717, 1.165) is 5.92 Å². The number of carbonyl (C=O) groups is 1. The number of rotatable bonds is 13. The van der Waals surface area contributed by atoms with Gasteiger partial charge in [-0.1, -0.05) is 82.1 Å². The first-order chi connectivity index (χ1) is 15.5. The van der Waals surface area contributed by atoms with Gasteiger partial charge in [-0.2, -0.15) is 0 Å². The van der Waals surface area contributed by atoms with Crippen molar-refractivity contribution in [3.05, 3.63) is 0 Å². The summed E-state index contributed by atoms with van der Waals surface area (Å²) in [5, 5.41) is 62.5. The van der Waals surface area contributed by atoms with E-state index >= 15 is 0 Å². The van der Waals surface area contributed by atoms with E-state index in [2.05, 4.69) is 31.4 Å². The maximum Gasteiger partial charge on any atom is 0.405 e. The Morgan fingerprint density at radius 1 is 0.882 bits per heavy atom. The van der Waals surface area contributed by atoms with Crippen LogP contribution in [0.3, 0.4) is 0 Å². The van der Waals surface area contributed by atoms with Gasteiger partial charge in [-0.25, -0.2) is 4.79 Å². The lowest BCUT2D eigenvalue weighted by Crippen LogP contribution is -2.53. The maximum absolute atomic E-state index is 11.0. The third-order valence-electron chi connectivity index (χ3n) is 6.22. The highest BCUT2D eigenvalue weighted by molar-refractivity contribution is 5.65. The second-order valence-electron chi connectivity index (χ2n) is 10.5. The van der Waals surface area contributed by atoms with Crippen LogP contribution in [-0.2, 0) is 0 Å². The molecule has 0 aromatic rings. The van der Waals surface area contributed by atoms with Crippen molar-refractivity contribution >= 4 is 6.09 Å². The van der Waals surface area contributed by atoms with Crippen molar-refractivity contribution in [1.82, 2.24) is 10.6 Å². The first kappa shape index (κ1) is 37.6. The molecule has 0 rings (SSSR count). The van der Waals surface area contributed by atoms with Gasteiger partial charge in [0.25, 0.3) is 0 Å². The van der Waals surface area contributed by atoms with Gasteiger partial charge in [0, 0.05) is 19.5 Å². The van der Waals surface area contributed by atoms with E-state index in [-0.39, 0.29) is 24.9 Å². The van der Waals surface area contributed by atoms with Crippen molar-refractivity contribution in [2.45, 2.75) is 119 Å². The lowest BCUT2D eigenvalue weighted by atomic mass is 9.65. The number of hydrogen-bond acceptors (Lipinski definition) is 7. The Hall–Kier alpha value is -0.970. The van der Waals surface area contributed by atoms with E-state index < -0.39 is 48.6 Å². The number of amides is 1. The van der Waals surface area contributed by atoms with Crippen LogP contribution in [0.5, 0.6) is 0 Å². The lowest BCUT2D eigenvalue weighted by molar-refractivity contribution is -0.0570.